The highest BCUT2D eigenvalue weighted by atomic mass is 16.5. The summed E-state index contributed by atoms with van der Waals surface area (Å²) < 4.78 is 5.79. The van der Waals surface area contributed by atoms with Crippen molar-refractivity contribution in [1.29, 1.82) is 0 Å². The van der Waals surface area contributed by atoms with Gasteiger partial charge >= 0.3 is 0 Å². The van der Waals surface area contributed by atoms with Gasteiger partial charge in [-0.1, -0.05) is 39.2 Å². The summed E-state index contributed by atoms with van der Waals surface area (Å²) in [6.45, 7) is 7.57. The average molecular weight is 319 g/mol. The number of hydrogen-bond acceptors (Lipinski definition) is 3. The van der Waals surface area contributed by atoms with Crippen LogP contribution in [0, 0.1) is 6.92 Å². The fraction of sp³-hybridized carbons (Fsp3) is 0.700. The zero-order valence-corrected chi connectivity index (χ0v) is 15.2. The molecule has 1 aromatic carbocycles. The van der Waals surface area contributed by atoms with Crippen LogP contribution in [0.1, 0.15) is 63.0 Å². The lowest BCUT2D eigenvalue weighted by molar-refractivity contribution is 0.0561. The Morgan fingerprint density at radius 2 is 1.91 bits per heavy atom. The Morgan fingerprint density at radius 3 is 2.52 bits per heavy atom. The summed E-state index contributed by atoms with van der Waals surface area (Å²) in [6.07, 6.45) is 6.10. The third kappa shape index (κ3) is 5.50. The maximum Gasteiger partial charge on any atom is 0.119 e. The van der Waals surface area contributed by atoms with Crippen LogP contribution in [0.4, 0.5) is 0 Å². The van der Waals surface area contributed by atoms with E-state index in [4.69, 9.17) is 4.74 Å². The standard InChI is InChI=1S/C20H33NO2/c1-15(2)20-11-10-19(12-16(20)3)23-14-18(22)13-21(4)17-8-6-5-7-9-17/h10-12,15,17-18,22H,5-9,13-14H2,1-4H3. The Kier molecular flexibility index (Phi) is 6.91. The number of benzene rings is 1. The summed E-state index contributed by atoms with van der Waals surface area (Å²) in [5.41, 5.74) is 2.61. The van der Waals surface area contributed by atoms with Crippen LogP contribution >= 0.6 is 0 Å². The molecule has 2 rings (SSSR count). The van der Waals surface area contributed by atoms with E-state index in [0.29, 0.717) is 25.1 Å². The van der Waals surface area contributed by atoms with E-state index in [2.05, 4.69) is 44.9 Å². The van der Waals surface area contributed by atoms with Gasteiger partial charge in [-0.25, -0.2) is 0 Å². The van der Waals surface area contributed by atoms with Gasteiger partial charge in [0.05, 0.1) is 0 Å². The number of rotatable bonds is 7. The Balaban J connectivity index is 1.79. The monoisotopic (exact) mass is 319 g/mol. The molecule has 3 heteroatoms. The molecule has 1 fully saturated rings. The molecule has 1 aromatic rings. The van der Waals surface area contributed by atoms with Crippen LogP contribution in [-0.4, -0.2) is 42.4 Å². The largest absolute Gasteiger partial charge is 0.491 e. The third-order valence-electron chi connectivity index (χ3n) is 5.00. The first-order valence-electron chi connectivity index (χ1n) is 9.09. The van der Waals surface area contributed by atoms with Crippen molar-refractivity contribution in [3.8, 4) is 5.75 Å². The van der Waals surface area contributed by atoms with Crippen molar-refractivity contribution >= 4 is 0 Å². The molecule has 0 spiro atoms. The van der Waals surface area contributed by atoms with Crippen LogP contribution in [-0.2, 0) is 0 Å². The highest BCUT2D eigenvalue weighted by Gasteiger charge is 2.20. The highest BCUT2D eigenvalue weighted by Crippen LogP contribution is 2.24. The number of likely N-dealkylation sites (N-methyl/N-ethyl adjacent to an activating group) is 1. The molecule has 3 nitrogen and oxygen atoms in total. The van der Waals surface area contributed by atoms with Crippen LogP contribution in [0.5, 0.6) is 5.75 Å². The lowest BCUT2D eigenvalue weighted by atomic mass is 9.94. The number of aryl methyl sites for hydroxylation is 1. The van der Waals surface area contributed by atoms with E-state index in [0.717, 1.165) is 5.75 Å². The van der Waals surface area contributed by atoms with Gasteiger partial charge in [0.25, 0.3) is 0 Å². The lowest BCUT2D eigenvalue weighted by Crippen LogP contribution is -2.40. The van der Waals surface area contributed by atoms with Gasteiger partial charge in [0.1, 0.15) is 18.5 Å². The predicted molar refractivity (Wildman–Crippen MR) is 96.3 cm³/mol. The second kappa shape index (κ2) is 8.70. The normalized spacial score (nSPS) is 17.7. The topological polar surface area (TPSA) is 32.7 Å². The fourth-order valence-electron chi connectivity index (χ4n) is 3.63. The van der Waals surface area contributed by atoms with Crippen LogP contribution < -0.4 is 4.74 Å². The number of aliphatic hydroxyl groups excluding tert-OH is 1. The smallest absolute Gasteiger partial charge is 0.119 e. The second-order valence-corrected chi connectivity index (χ2v) is 7.37. The molecule has 0 aliphatic heterocycles. The molecular weight excluding hydrogens is 286 g/mol. The summed E-state index contributed by atoms with van der Waals surface area (Å²) in [5, 5.41) is 10.3. The Hall–Kier alpha value is -1.06. The average Bonchev–Trinajstić information content (AvgIpc) is 2.53. The van der Waals surface area contributed by atoms with Crippen molar-refractivity contribution in [3.63, 3.8) is 0 Å². The summed E-state index contributed by atoms with van der Waals surface area (Å²) >= 11 is 0. The molecule has 130 valence electrons. The summed E-state index contributed by atoms with van der Waals surface area (Å²) in [6, 6.07) is 6.86. The quantitative estimate of drug-likeness (QED) is 0.820. The molecule has 23 heavy (non-hydrogen) atoms. The van der Waals surface area contributed by atoms with E-state index in [9.17, 15) is 5.11 Å². The molecule has 1 N–H and O–H groups in total. The van der Waals surface area contributed by atoms with Crippen molar-refractivity contribution in [2.24, 2.45) is 0 Å². The molecule has 1 unspecified atom stereocenters. The molecule has 0 heterocycles. The van der Waals surface area contributed by atoms with Gasteiger partial charge < -0.3 is 14.7 Å². The molecule has 1 aliphatic carbocycles. The first-order chi connectivity index (χ1) is 11.0. The number of ether oxygens (including phenoxy) is 1. The molecule has 0 radical (unpaired) electrons. The van der Waals surface area contributed by atoms with E-state index >= 15 is 0 Å². The SMILES string of the molecule is Cc1cc(OCC(O)CN(C)C2CCCCC2)ccc1C(C)C. The second-order valence-electron chi connectivity index (χ2n) is 7.37. The van der Waals surface area contributed by atoms with Crippen LogP contribution in [0.15, 0.2) is 18.2 Å². The van der Waals surface area contributed by atoms with E-state index in [1.807, 2.05) is 6.07 Å². The molecular formula is C20H33NO2. The van der Waals surface area contributed by atoms with Gasteiger partial charge in [0, 0.05) is 12.6 Å². The van der Waals surface area contributed by atoms with E-state index in [-0.39, 0.29) is 0 Å². The van der Waals surface area contributed by atoms with Gasteiger partial charge in [-0.2, -0.15) is 0 Å². The number of nitrogens with zero attached hydrogens (tertiary/aromatic N) is 1. The molecule has 0 amide bonds. The molecule has 0 bridgehead atoms. The lowest BCUT2D eigenvalue weighted by Gasteiger charge is -2.32. The number of aliphatic hydroxyl groups is 1. The third-order valence-corrected chi connectivity index (χ3v) is 5.00. The Morgan fingerprint density at radius 1 is 1.22 bits per heavy atom. The molecule has 0 saturated heterocycles. The van der Waals surface area contributed by atoms with Crippen molar-refractivity contribution in [2.75, 3.05) is 20.2 Å². The van der Waals surface area contributed by atoms with Crippen molar-refractivity contribution in [2.45, 2.75) is 70.9 Å². The minimum atomic E-state index is -0.438. The zero-order valence-electron chi connectivity index (χ0n) is 15.2. The Labute approximate surface area is 141 Å². The fourth-order valence-corrected chi connectivity index (χ4v) is 3.63. The predicted octanol–water partition coefficient (Wildman–Crippen LogP) is 4.12. The minimum absolute atomic E-state index is 0.359. The molecule has 1 saturated carbocycles. The maximum absolute atomic E-state index is 10.3. The van der Waals surface area contributed by atoms with Gasteiger partial charge in [-0.05, 0) is 56.0 Å². The minimum Gasteiger partial charge on any atom is -0.491 e. The van der Waals surface area contributed by atoms with Gasteiger partial charge in [0.2, 0.25) is 0 Å². The van der Waals surface area contributed by atoms with Crippen LogP contribution in [0.2, 0.25) is 0 Å². The van der Waals surface area contributed by atoms with E-state index < -0.39 is 6.10 Å². The summed E-state index contributed by atoms with van der Waals surface area (Å²) in [4.78, 5) is 2.31. The summed E-state index contributed by atoms with van der Waals surface area (Å²) in [7, 11) is 2.13. The molecule has 1 aliphatic rings. The molecule has 1 atom stereocenters. The number of hydrogen-bond donors (Lipinski definition) is 1. The van der Waals surface area contributed by atoms with Crippen LogP contribution in [0.3, 0.4) is 0 Å². The Bertz CT molecular complexity index is 481. The first kappa shape index (κ1) is 18.3. The van der Waals surface area contributed by atoms with Crippen molar-refractivity contribution in [1.82, 2.24) is 4.90 Å². The molecule has 0 aromatic heterocycles. The maximum atomic E-state index is 10.3. The van der Waals surface area contributed by atoms with Gasteiger partial charge in [-0.3, -0.25) is 0 Å². The van der Waals surface area contributed by atoms with Gasteiger partial charge in [-0.15, -0.1) is 0 Å². The first-order valence-corrected chi connectivity index (χ1v) is 9.09. The summed E-state index contributed by atoms with van der Waals surface area (Å²) in [5.74, 6) is 1.38. The van der Waals surface area contributed by atoms with E-state index in [1.165, 1.54) is 43.2 Å². The van der Waals surface area contributed by atoms with Crippen molar-refractivity contribution < 1.29 is 9.84 Å². The highest BCUT2D eigenvalue weighted by molar-refractivity contribution is 5.36. The van der Waals surface area contributed by atoms with Gasteiger partial charge in [0.15, 0.2) is 0 Å². The van der Waals surface area contributed by atoms with Crippen molar-refractivity contribution in [3.05, 3.63) is 29.3 Å². The van der Waals surface area contributed by atoms with Crippen LogP contribution in [0.25, 0.3) is 0 Å². The van der Waals surface area contributed by atoms with E-state index in [1.54, 1.807) is 0 Å². The zero-order chi connectivity index (χ0) is 16.8.